The van der Waals surface area contributed by atoms with E-state index in [4.69, 9.17) is 0 Å². The summed E-state index contributed by atoms with van der Waals surface area (Å²) in [4.78, 5) is 15.1. The summed E-state index contributed by atoms with van der Waals surface area (Å²) in [6, 6.07) is 23.8. The van der Waals surface area contributed by atoms with Crippen molar-refractivity contribution >= 4 is 22.4 Å². The topological polar surface area (TPSA) is 32.3 Å². The average Bonchev–Trinajstić information content (AvgIpc) is 3.57. The highest BCUT2D eigenvalue weighted by molar-refractivity contribution is 5.91. The second-order valence-corrected chi connectivity index (χ2v) is 8.38. The van der Waals surface area contributed by atoms with Gasteiger partial charge >= 0.3 is 0 Å². The third-order valence-corrected chi connectivity index (χ3v) is 5.80. The Balaban J connectivity index is 1.41. The summed E-state index contributed by atoms with van der Waals surface area (Å²) in [7, 11) is 0. The number of rotatable bonds is 8. The molecular weight excluding hydrogens is 356 g/mol. The number of fused-ring (bicyclic) bond motifs is 1. The zero-order valence-electron chi connectivity index (χ0n) is 17.4. The second kappa shape index (κ2) is 8.79. The van der Waals surface area contributed by atoms with Crippen LogP contribution in [0.15, 0.2) is 66.7 Å². The number of carbonyl (C=O) groups is 1. The largest absolute Gasteiger partial charge is 0.326 e. The smallest absolute Gasteiger partial charge is 0.225 e. The van der Waals surface area contributed by atoms with Crippen LogP contribution >= 0.6 is 0 Å². The second-order valence-electron chi connectivity index (χ2n) is 8.38. The zero-order valence-corrected chi connectivity index (χ0v) is 17.4. The van der Waals surface area contributed by atoms with Crippen molar-refractivity contribution in [1.29, 1.82) is 0 Å². The molecule has 0 spiro atoms. The molecule has 3 aromatic carbocycles. The van der Waals surface area contributed by atoms with E-state index in [0.717, 1.165) is 18.8 Å². The quantitative estimate of drug-likeness (QED) is 0.518. The molecule has 29 heavy (non-hydrogen) atoms. The van der Waals surface area contributed by atoms with Gasteiger partial charge in [-0.2, -0.15) is 0 Å². The number of anilines is 1. The van der Waals surface area contributed by atoms with Crippen molar-refractivity contribution in [3.8, 4) is 0 Å². The van der Waals surface area contributed by atoms with Crippen molar-refractivity contribution in [2.75, 3.05) is 11.9 Å². The van der Waals surface area contributed by atoms with Crippen molar-refractivity contribution in [1.82, 2.24) is 4.90 Å². The highest BCUT2D eigenvalue weighted by Crippen LogP contribution is 2.30. The van der Waals surface area contributed by atoms with Crippen LogP contribution in [0.5, 0.6) is 0 Å². The first kappa shape index (κ1) is 19.7. The summed E-state index contributed by atoms with van der Waals surface area (Å²) >= 11 is 0. The first-order valence-corrected chi connectivity index (χ1v) is 10.7. The first-order valence-electron chi connectivity index (χ1n) is 10.7. The minimum Gasteiger partial charge on any atom is -0.326 e. The Bertz CT molecular complexity index is 985. The molecule has 0 atom stereocenters. The van der Waals surface area contributed by atoms with E-state index in [1.165, 1.54) is 34.7 Å². The first-order chi connectivity index (χ1) is 14.1. The molecule has 0 bridgehead atoms. The van der Waals surface area contributed by atoms with E-state index in [0.29, 0.717) is 18.4 Å². The molecule has 0 radical (unpaired) electrons. The summed E-state index contributed by atoms with van der Waals surface area (Å²) in [5.74, 6) is 0.488. The molecule has 0 aliphatic heterocycles. The zero-order chi connectivity index (χ0) is 20.2. The number of para-hydroxylation sites is 1. The molecule has 3 aromatic rings. The van der Waals surface area contributed by atoms with Crippen LogP contribution in [0.2, 0.25) is 0 Å². The third kappa shape index (κ3) is 4.86. The molecule has 0 heterocycles. The fourth-order valence-corrected chi connectivity index (χ4v) is 4.05. The molecule has 1 N–H and O–H groups in total. The monoisotopic (exact) mass is 386 g/mol. The van der Waals surface area contributed by atoms with Crippen molar-refractivity contribution in [3.63, 3.8) is 0 Å². The van der Waals surface area contributed by atoms with Crippen LogP contribution in [0.25, 0.3) is 10.8 Å². The van der Waals surface area contributed by atoms with Crippen LogP contribution in [-0.4, -0.2) is 23.4 Å². The number of amides is 1. The minimum absolute atomic E-state index is 0.0988. The van der Waals surface area contributed by atoms with E-state index in [9.17, 15) is 4.79 Å². The van der Waals surface area contributed by atoms with Gasteiger partial charge in [0.1, 0.15) is 0 Å². The van der Waals surface area contributed by atoms with Crippen LogP contribution in [0.4, 0.5) is 5.69 Å². The van der Waals surface area contributed by atoms with E-state index in [2.05, 4.69) is 72.6 Å². The Labute approximate surface area is 173 Å². The van der Waals surface area contributed by atoms with Crippen molar-refractivity contribution in [3.05, 3.63) is 77.9 Å². The maximum absolute atomic E-state index is 12.7. The standard InChI is InChI=1S/C26H30N2O/c1-19(2)23-11-5-6-13-25(23)27-26(29)16-17-28(22-14-15-22)18-21-10-7-9-20-8-3-4-12-24(20)21/h3-13,19,22H,14-18H2,1-2H3,(H,27,29). The molecular formula is C26H30N2O. The Morgan fingerprint density at radius 2 is 1.72 bits per heavy atom. The van der Waals surface area contributed by atoms with Gasteiger partial charge in [0.25, 0.3) is 0 Å². The van der Waals surface area contributed by atoms with Gasteiger partial charge in [0.15, 0.2) is 0 Å². The van der Waals surface area contributed by atoms with E-state index in [1.54, 1.807) is 0 Å². The highest BCUT2D eigenvalue weighted by Gasteiger charge is 2.29. The highest BCUT2D eigenvalue weighted by atomic mass is 16.1. The number of hydrogen-bond acceptors (Lipinski definition) is 2. The molecule has 1 aliphatic carbocycles. The van der Waals surface area contributed by atoms with Crippen LogP contribution in [0, 0.1) is 0 Å². The fourth-order valence-electron chi connectivity index (χ4n) is 4.05. The molecule has 0 saturated heterocycles. The molecule has 0 unspecified atom stereocenters. The molecule has 3 heteroatoms. The lowest BCUT2D eigenvalue weighted by Gasteiger charge is -2.23. The summed E-state index contributed by atoms with van der Waals surface area (Å²) in [5.41, 5.74) is 3.48. The van der Waals surface area contributed by atoms with E-state index < -0.39 is 0 Å². The van der Waals surface area contributed by atoms with Crippen LogP contribution < -0.4 is 5.32 Å². The Morgan fingerprint density at radius 1 is 1.00 bits per heavy atom. The summed E-state index contributed by atoms with van der Waals surface area (Å²) in [5, 5.41) is 5.73. The number of carbonyl (C=O) groups excluding carboxylic acids is 1. The third-order valence-electron chi connectivity index (χ3n) is 5.80. The van der Waals surface area contributed by atoms with E-state index in [1.807, 2.05) is 18.2 Å². The van der Waals surface area contributed by atoms with Crippen molar-refractivity contribution < 1.29 is 4.79 Å². The lowest BCUT2D eigenvalue weighted by atomic mass is 10.0. The van der Waals surface area contributed by atoms with Crippen LogP contribution in [-0.2, 0) is 11.3 Å². The molecule has 4 rings (SSSR count). The van der Waals surface area contributed by atoms with E-state index >= 15 is 0 Å². The number of nitrogens with zero attached hydrogens (tertiary/aromatic N) is 1. The van der Waals surface area contributed by atoms with Crippen molar-refractivity contribution in [2.24, 2.45) is 0 Å². The molecule has 1 amide bonds. The summed E-state index contributed by atoms with van der Waals surface area (Å²) < 4.78 is 0. The lowest BCUT2D eigenvalue weighted by Crippen LogP contribution is -2.29. The molecule has 1 saturated carbocycles. The number of benzene rings is 3. The summed E-state index contributed by atoms with van der Waals surface area (Å²) in [6.07, 6.45) is 3.00. The van der Waals surface area contributed by atoms with E-state index in [-0.39, 0.29) is 5.91 Å². The van der Waals surface area contributed by atoms with Gasteiger partial charge < -0.3 is 5.32 Å². The molecule has 0 aromatic heterocycles. The van der Waals surface area contributed by atoms with Gasteiger partial charge in [0, 0.05) is 31.2 Å². The normalized spacial score (nSPS) is 13.9. The van der Waals surface area contributed by atoms with Crippen LogP contribution in [0.1, 0.15) is 50.2 Å². The Morgan fingerprint density at radius 3 is 2.52 bits per heavy atom. The van der Waals surface area contributed by atoms with Crippen LogP contribution in [0.3, 0.4) is 0 Å². The van der Waals surface area contributed by atoms with Crippen molar-refractivity contribution in [2.45, 2.75) is 51.6 Å². The average molecular weight is 387 g/mol. The predicted octanol–water partition coefficient (Wildman–Crippen LogP) is 5.96. The molecule has 1 aliphatic rings. The SMILES string of the molecule is CC(C)c1ccccc1NC(=O)CCN(Cc1cccc2ccccc12)C1CC1. The Kier molecular flexibility index (Phi) is 5.96. The van der Waals surface area contributed by atoms with Gasteiger partial charge in [-0.05, 0) is 46.7 Å². The number of hydrogen-bond donors (Lipinski definition) is 1. The lowest BCUT2D eigenvalue weighted by molar-refractivity contribution is -0.116. The molecule has 3 nitrogen and oxygen atoms in total. The fraction of sp³-hybridized carbons (Fsp3) is 0.346. The predicted molar refractivity (Wildman–Crippen MR) is 121 cm³/mol. The molecule has 150 valence electrons. The minimum atomic E-state index is 0.0988. The maximum Gasteiger partial charge on any atom is 0.225 e. The van der Waals surface area contributed by atoms with Gasteiger partial charge in [0.05, 0.1) is 0 Å². The Hall–Kier alpha value is -2.65. The number of nitrogens with one attached hydrogen (secondary N) is 1. The van der Waals surface area contributed by atoms with Gasteiger partial charge in [-0.25, -0.2) is 0 Å². The molecule has 1 fully saturated rings. The maximum atomic E-state index is 12.7. The van der Waals surface area contributed by atoms with Gasteiger partial charge in [-0.1, -0.05) is 74.5 Å². The summed E-state index contributed by atoms with van der Waals surface area (Å²) in [6.45, 7) is 6.01. The van der Waals surface area contributed by atoms with Gasteiger partial charge in [-0.3, -0.25) is 9.69 Å². The van der Waals surface area contributed by atoms with Gasteiger partial charge in [-0.15, -0.1) is 0 Å². The van der Waals surface area contributed by atoms with Gasteiger partial charge in [0.2, 0.25) is 5.91 Å².